The van der Waals surface area contributed by atoms with Crippen molar-refractivity contribution in [2.24, 2.45) is 16.6 Å². The number of pyridine rings is 1. The maximum absolute atomic E-state index is 11.3. The van der Waals surface area contributed by atoms with Crippen LogP contribution in [0.3, 0.4) is 0 Å². The number of aromatic nitrogens is 1. The van der Waals surface area contributed by atoms with Gasteiger partial charge in [-0.3, -0.25) is 4.79 Å². The summed E-state index contributed by atoms with van der Waals surface area (Å²) in [5, 5.41) is 3.38. The summed E-state index contributed by atoms with van der Waals surface area (Å²) in [6.07, 6.45) is 7.03. The second kappa shape index (κ2) is 11.4. The zero-order valence-electron chi connectivity index (χ0n) is 16.8. The van der Waals surface area contributed by atoms with Gasteiger partial charge >= 0.3 is 0 Å². The molecule has 2 aliphatic rings. The Labute approximate surface area is 185 Å². The Kier molecular flexibility index (Phi) is 9.27. The summed E-state index contributed by atoms with van der Waals surface area (Å²) in [7, 11) is 0. The third-order valence-corrected chi connectivity index (χ3v) is 5.29. The number of hydrogen-bond donors (Lipinski definition) is 2. The minimum atomic E-state index is -0.215. The average molecular weight is 500 g/mol. The van der Waals surface area contributed by atoms with Crippen molar-refractivity contribution in [3.05, 3.63) is 23.9 Å². The maximum Gasteiger partial charge on any atom is 0.217 e. The summed E-state index contributed by atoms with van der Waals surface area (Å²) in [6.45, 7) is 7.52. The van der Waals surface area contributed by atoms with Crippen LogP contribution < -0.4 is 16.0 Å². The number of anilines is 1. The molecule has 3 rings (SSSR count). The first kappa shape index (κ1) is 22.7. The smallest absolute Gasteiger partial charge is 0.217 e. The molecule has 0 radical (unpaired) electrons. The topological polar surface area (TPSA) is 86.8 Å². The Bertz CT molecular complexity index is 645. The number of nitrogens with zero attached hydrogens (tertiary/aromatic N) is 4. The average Bonchev–Trinajstić information content (AvgIpc) is 3.20. The number of guanidine groups is 1. The van der Waals surface area contributed by atoms with E-state index in [1.54, 1.807) is 0 Å². The van der Waals surface area contributed by atoms with Gasteiger partial charge in [-0.25, -0.2) is 9.98 Å². The number of carbonyl (C=O) groups is 1. The van der Waals surface area contributed by atoms with E-state index in [1.807, 2.05) is 6.20 Å². The van der Waals surface area contributed by atoms with Crippen LogP contribution in [-0.4, -0.2) is 54.5 Å². The zero-order valence-corrected chi connectivity index (χ0v) is 19.1. The van der Waals surface area contributed by atoms with E-state index < -0.39 is 0 Å². The van der Waals surface area contributed by atoms with Crippen molar-refractivity contribution in [3.63, 3.8) is 0 Å². The molecule has 7 nitrogen and oxygen atoms in total. The minimum Gasteiger partial charge on any atom is -0.370 e. The van der Waals surface area contributed by atoms with Crippen molar-refractivity contribution in [1.82, 2.24) is 15.2 Å². The summed E-state index contributed by atoms with van der Waals surface area (Å²) in [5.41, 5.74) is 6.49. The van der Waals surface area contributed by atoms with Gasteiger partial charge in [0, 0.05) is 45.3 Å². The molecular weight excluding hydrogens is 467 g/mol. The van der Waals surface area contributed by atoms with E-state index in [2.05, 4.69) is 39.2 Å². The molecule has 3 heterocycles. The number of hydrogen-bond acceptors (Lipinski definition) is 4. The Morgan fingerprint density at radius 1 is 1.29 bits per heavy atom. The van der Waals surface area contributed by atoms with Crippen LogP contribution >= 0.6 is 24.0 Å². The summed E-state index contributed by atoms with van der Waals surface area (Å²) in [4.78, 5) is 25.3. The number of aliphatic imine (C=N–C) groups is 1. The molecule has 3 N–H and O–H groups in total. The molecule has 0 aromatic carbocycles. The summed E-state index contributed by atoms with van der Waals surface area (Å²) in [6, 6.07) is 4.23. The number of nitrogens with two attached hydrogens (primary N) is 1. The van der Waals surface area contributed by atoms with E-state index in [0.29, 0.717) is 18.9 Å². The normalized spacial score (nSPS) is 20.0. The highest BCUT2D eigenvalue weighted by Crippen LogP contribution is 2.20. The van der Waals surface area contributed by atoms with Crippen molar-refractivity contribution in [1.29, 1.82) is 0 Å². The molecule has 1 atom stereocenters. The van der Waals surface area contributed by atoms with Gasteiger partial charge in [-0.2, -0.15) is 0 Å². The zero-order chi connectivity index (χ0) is 19.1. The standard InChI is InChI=1S/C20H32N6O.HI/c1-2-22-20(26-11-5-6-16(15-26)12-18(21)27)24-14-17-7-8-19(23-13-17)25-9-3-4-10-25;/h7-8,13,16H,2-6,9-12,14-15H2,1H3,(H2,21,27)(H,22,24);1H. The molecule has 0 spiro atoms. The predicted octanol–water partition coefficient (Wildman–Crippen LogP) is 2.35. The fraction of sp³-hybridized carbons (Fsp3) is 0.650. The van der Waals surface area contributed by atoms with E-state index >= 15 is 0 Å². The molecule has 2 fully saturated rings. The lowest BCUT2D eigenvalue weighted by Crippen LogP contribution is -2.47. The van der Waals surface area contributed by atoms with Crippen molar-refractivity contribution >= 4 is 41.7 Å². The number of rotatable bonds is 6. The van der Waals surface area contributed by atoms with E-state index in [-0.39, 0.29) is 29.9 Å². The van der Waals surface area contributed by atoms with Gasteiger partial charge < -0.3 is 20.9 Å². The van der Waals surface area contributed by atoms with E-state index in [9.17, 15) is 4.79 Å². The van der Waals surface area contributed by atoms with Crippen molar-refractivity contribution in [2.45, 2.75) is 45.6 Å². The first-order valence-corrected chi connectivity index (χ1v) is 10.2. The number of halogens is 1. The van der Waals surface area contributed by atoms with Gasteiger partial charge in [-0.15, -0.1) is 24.0 Å². The molecule has 2 aliphatic heterocycles. The van der Waals surface area contributed by atoms with Gasteiger partial charge in [0.2, 0.25) is 5.91 Å². The number of likely N-dealkylation sites (tertiary alicyclic amines) is 1. The number of nitrogens with one attached hydrogen (secondary N) is 1. The second-order valence-corrected chi connectivity index (χ2v) is 7.51. The van der Waals surface area contributed by atoms with Crippen LogP contribution in [0, 0.1) is 5.92 Å². The molecule has 1 unspecified atom stereocenters. The maximum atomic E-state index is 11.3. The highest BCUT2D eigenvalue weighted by molar-refractivity contribution is 14.0. The van der Waals surface area contributed by atoms with E-state index in [0.717, 1.165) is 62.9 Å². The van der Waals surface area contributed by atoms with Gasteiger partial charge in [-0.05, 0) is 50.2 Å². The van der Waals surface area contributed by atoms with E-state index in [4.69, 9.17) is 10.7 Å². The molecule has 1 amide bonds. The van der Waals surface area contributed by atoms with E-state index in [1.165, 1.54) is 12.8 Å². The van der Waals surface area contributed by atoms with Crippen LogP contribution in [0.1, 0.15) is 44.6 Å². The van der Waals surface area contributed by atoms with Gasteiger partial charge in [-0.1, -0.05) is 6.07 Å². The third kappa shape index (κ3) is 6.49. The van der Waals surface area contributed by atoms with Gasteiger partial charge in [0.05, 0.1) is 6.54 Å². The SMILES string of the molecule is CCNC(=NCc1ccc(N2CCCC2)nc1)N1CCCC(CC(N)=O)C1.I. The largest absolute Gasteiger partial charge is 0.370 e. The third-order valence-electron chi connectivity index (χ3n) is 5.29. The number of primary amides is 1. The molecule has 156 valence electrons. The molecule has 2 saturated heterocycles. The van der Waals surface area contributed by atoms with Crippen LogP contribution in [0.4, 0.5) is 5.82 Å². The fourth-order valence-electron chi connectivity index (χ4n) is 3.94. The highest BCUT2D eigenvalue weighted by Gasteiger charge is 2.23. The van der Waals surface area contributed by atoms with Gasteiger partial charge in [0.15, 0.2) is 5.96 Å². The lowest BCUT2D eigenvalue weighted by atomic mass is 9.95. The number of carbonyl (C=O) groups excluding carboxylic acids is 1. The Hall–Kier alpha value is -1.58. The van der Waals surface area contributed by atoms with Crippen LogP contribution in [0.2, 0.25) is 0 Å². The van der Waals surface area contributed by atoms with Gasteiger partial charge in [0.1, 0.15) is 5.82 Å². The fourth-order valence-corrected chi connectivity index (χ4v) is 3.94. The first-order valence-electron chi connectivity index (χ1n) is 10.2. The summed E-state index contributed by atoms with van der Waals surface area (Å²) < 4.78 is 0. The van der Waals surface area contributed by atoms with Crippen molar-refractivity contribution in [3.8, 4) is 0 Å². The lowest BCUT2D eigenvalue weighted by Gasteiger charge is -2.34. The number of piperidine rings is 1. The van der Waals surface area contributed by atoms with Crippen molar-refractivity contribution < 1.29 is 4.79 Å². The van der Waals surface area contributed by atoms with Gasteiger partial charge in [0.25, 0.3) is 0 Å². The Balaban J connectivity index is 0.00000280. The molecular formula is C20H33IN6O. The minimum absolute atomic E-state index is 0. The second-order valence-electron chi connectivity index (χ2n) is 7.51. The highest BCUT2D eigenvalue weighted by atomic mass is 127. The number of amides is 1. The molecule has 0 aliphatic carbocycles. The predicted molar refractivity (Wildman–Crippen MR) is 124 cm³/mol. The lowest BCUT2D eigenvalue weighted by molar-refractivity contribution is -0.119. The molecule has 1 aromatic rings. The molecule has 28 heavy (non-hydrogen) atoms. The molecule has 1 aromatic heterocycles. The van der Waals surface area contributed by atoms with Crippen LogP contribution in [-0.2, 0) is 11.3 Å². The Morgan fingerprint density at radius 3 is 2.71 bits per heavy atom. The molecule has 0 saturated carbocycles. The van der Waals surface area contributed by atoms with Crippen LogP contribution in [0.25, 0.3) is 0 Å². The summed E-state index contributed by atoms with van der Waals surface area (Å²) >= 11 is 0. The summed E-state index contributed by atoms with van der Waals surface area (Å²) in [5.74, 6) is 2.09. The van der Waals surface area contributed by atoms with Crippen LogP contribution in [0.5, 0.6) is 0 Å². The quantitative estimate of drug-likeness (QED) is 0.356. The monoisotopic (exact) mass is 500 g/mol. The Morgan fingerprint density at radius 2 is 2.07 bits per heavy atom. The molecule has 8 heteroatoms. The van der Waals surface area contributed by atoms with Crippen molar-refractivity contribution in [2.75, 3.05) is 37.6 Å². The molecule has 0 bridgehead atoms. The first-order chi connectivity index (χ1) is 13.2. The van der Waals surface area contributed by atoms with Crippen LogP contribution in [0.15, 0.2) is 23.3 Å².